The third-order valence-electron chi connectivity index (χ3n) is 5.27. The standard InChI is InChI=1S/C23H32ClN3O3S/c1-6-21(27(31(5,29)30)22-15-19(24)12-9-17(22)4)23(28)25-16-18-10-13-20(14-11-18)26(7-2)8-3/h9-15,21H,6-8,16H2,1-5H3,(H,25,28). The Bertz CT molecular complexity index is 990. The molecule has 1 atom stereocenters. The Labute approximate surface area is 191 Å². The molecular formula is C23H32ClN3O3S. The van der Waals surface area contributed by atoms with Crippen molar-refractivity contribution >= 4 is 38.9 Å². The van der Waals surface area contributed by atoms with Gasteiger partial charge in [0, 0.05) is 30.3 Å². The molecule has 8 heteroatoms. The maximum Gasteiger partial charge on any atom is 0.244 e. The van der Waals surface area contributed by atoms with Crippen LogP contribution in [0.2, 0.25) is 5.02 Å². The Hall–Kier alpha value is -2.25. The number of benzene rings is 2. The van der Waals surface area contributed by atoms with Gasteiger partial charge in [0.05, 0.1) is 11.9 Å². The third-order valence-corrected chi connectivity index (χ3v) is 6.67. The van der Waals surface area contributed by atoms with Gasteiger partial charge in [0.2, 0.25) is 15.9 Å². The predicted molar refractivity (Wildman–Crippen MR) is 129 cm³/mol. The monoisotopic (exact) mass is 465 g/mol. The Morgan fingerprint density at radius 2 is 1.68 bits per heavy atom. The molecule has 0 radical (unpaired) electrons. The van der Waals surface area contributed by atoms with E-state index in [4.69, 9.17) is 11.6 Å². The zero-order valence-electron chi connectivity index (χ0n) is 18.9. The van der Waals surface area contributed by atoms with Crippen molar-refractivity contribution < 1.29 is 13.2 Å². The largest absolute Gasteiger partial charge is 0.372 e. The van der Waals surface area contributed by atoms with E-state index in [0.717, 1.165) is 36.2 Å². The molecule has 0 fully saturated rings. The van der Waals surface area contributed by atoms with Gasteiger partial charge in [0.25, 0.3) is 0 Å². The van der Waals surface area contributed by atoms with Gasteiger partial charge in [-0.05, 0) is 62.6 Å². The summed E-state index contributed by atoms with van der Waals surface area (Å²) in [5.74, 6) is -0.347. The molecule has 1 N–H and O–H groups in total. The molecular weight excluding hydrogens is 434 g/mol. The SMILES string of the molecule is CCC(C(=O)NCc1ccc(N(CC)CC)cc1)N(c1cc(Cl)ccc1C)S(C)(=O)=O. The van der Waals surface area contributed by atoms with Crippen molar-refractivity contribution in [2.45, 2.75) is 46.7 Å². The summed E-state index contributed by atoms with van der Waals surface area (Å²) >= 11 is 6.11. The van der Waals surface area contributed by atoms with E-state index in [1.165, 1.54) is 4.31 Å². The Balaban J connectivity index is 2.21. The molecule has 0 saturated heterocycles. The van der Waals surface area contributed by atoms with Gasteiger partial charge in [-0.2, -0.15) is 0 Å². The van der Waals surface area contributed by atoms with Crippen molar-refractivity contribution in [3.63, 3.8) is 0 Å². The van der Waals surface area contributed by atoms with E-state index in [0.29, 0.717) is 23.7 Å². The van der Waals surface area contributed by atoms with Crippen LogP contribution in [0, 0.1) is 6.92 Å². The van der Waals surface area contributed by atoms with Crippen molar-refractivity contribution in [2.24, 2.45) is 0 Å². The van der Waals surface area contributed by atoms with Gasteiger partial charge in [-0.25, -0.2) is 8.42 Å². The van der Waals surface area contributed by atoms with Crippen molar-refractivity contribution in [2.75, 3.05) is 28.6 Å². The molecule has 2 aromatic carbocycles. The maximum atomic E-state index is 13.0. The normalized spacial score (nSPS) is 12.3. The predicted octanol–water partition coefficient (Wildman–Crippen LogP) is 4.36. The quantitative estimate of drug-likeness (QED) is 0.566. The molecule has 0 aromatic heterocycles. The van der Waals surface area contributed by atoms with Gasteiger partial charge in [0.1, 0.15) is 6.04 Å². The molecule has 170 valence electrons. The minimum atomic E-state index is -3.71. The smallest absolute Gasteiger partial charge is 0.244 e. The first-order valence-electron chi connectivity index (χ1n) is 10.5. The lowest BCUT2D eigenvalue weighted by Crippen LogP contribution is -2.49. The highest BCUT2D eigenvalue weighted by Crippen LogP contribution is 2.29. The Kier molecular flexibility index (Phi) is 8.77. The summed E-state index contributed by atoms with van der Waals surface area (Å²) in [4.78, 5) is 15.3. The van der Waals surface area contributed by atoms with E-state index in [-0.39, 0.29) is 5.91 Å². The van der Waals surface area contributed by atoms with Crippen molar-refractivity contribution in [1.82, 2.24) is 5.32 Å². The molecule has 0 bridgehead atoms. The second-order valence-corrected chi connectivity index (χ2v) is 9.77. The van der Waals surface area contributed by atoms with Crippen LogP contribution >= 0.6 is 11.6 Å². The number of halogens is 1. The lowest BCUT2D eigenvalue weighted by molar-refractivity contribution is -0.122. The van der Waals surface area contributed by atoms with E-state index in [9.17, 15) is 13.2 Å². The van der Waals surface area contributed by atoms with Crippen LogP contribution in [-0.2, 0) is 21.4 Å². The number of anilines is 2. The highest BCUT2D eigenvalue weighted by Gasteiger charge is 2.32. The van der Waals surface area contributed by atoms with Crippen LogP contribution < -0.4 is 14.5 Å². The summed E-state index contributed by atoms with van der Waals surface area (Å²) in [6, 6.07) is 12.2. The molecule has 0 spiro atoms. The van der Waals surface area contributed by atoms with E-state index >= 15 is 0 Å². The van der Waals surface area contributed by atoms with E-state index in [1.54, 1.807) is 32.0 Å². The first-order chi connectivity index (χ1) is 14.6. The molecule has 1 amide bonds. The molecule has 1 unspecified atom stereocenters. The molecule has 0 saturated carbocycles. The minimum Gasteiger partial charge on any atom is -0.372 e. The van der Waals surface area contributed by atoms with Gasteiger partial charge in [-0.1, -0.05) is 36.7 Å². The van der Waals surface area contributed by atoms with E-state index in [1.807, 2.05) is 24.3 Å². The fourth-order valence-corrected chi connectivity index (χ4v) is 5.00. The first-order valence-corrected chi connectivity index (χ1v) is 12.7. The molecule has 6 nitrogen and oxygen atoms in total. The number of nitrogens with zero attached hydrogens (tertiary/aromatic N) is 2. The lowest BCUT2D eigenvalue weighted by Gasteiger charge is -2.31. The van der Waals surface area contributed by atoms with Crippen LogP contribution in [0.3, 0.4) is 0 Å². The fourth-order valence-electron chi connectivity index (χ4n) is 3.58. The van der Waals surface area contributed by atoms with Crippen LogP contribution in [0.4, 0.5) is 11.4 Å². The number of nitrogens with one attached hydrogen (secondary N) is 1. The summed E-state index contributed by atoms with van der Waals surface area (Å²) in [6.45, 7) is 9.98. The number of carbonyl (C=O) groups is 1. The van der Waals surface area contributed by atoms with Crippen molar-refractivity contribution in [3.05, 3.63) is 58.6 Å². The summed E-state index contributed by atoms with van der Waals surface area (Å²) in [5, 5.41) is 3.31. The average Bonchev–Trinajstić information content (AvgIpc) is 2.73. The highest BCUT2D eigenvalue weighted by atomic mass is 35.5. The van der Waals surface area contributed by atoms with E-state index < -0.39 is 16.1 Å². The molecule has 0 heterocycles. The van der Waals surface area contributed by atoms with Crippen LogP contribution in [0.5, 0.6) is 0 Å². The highest BCUT2D eigenvalue weighted by molar-refractivity contribution is 7.92. The zero-order chi connectivity index (χ0) is 23.2. The van der Waals surface area contributed by atoms with Gasteiger partial charge in [-0.15, -0.1) is 0 Å². The fraction of sp³-hybridized carbons (Fsp3) is 0.435. The van der Waals surface area contributed by atoms with Crippen LogP contribution in [0.15, 0.2) is 42.5 Å². The summed E-state index contributed by atoms with van der Waals surface area (Å²) in [7, 11) is -3.71. The van der Waals surface area contributed by atoms with E-state index in [2.05, 4.69) is 24.1 Å². The zero-order valence-corrected chi connectivity index (χ0v) is 20.4. The summed E-state index contributed by atoms with van der Waals surface area (Å²) in [5.41, 5.74) is 3.23. The Morgan fingerprint density at radius 3 is 2.19 bits per heavy atom. The van der Waals surface area contributed by atoms with Crippen LogP contribution in [-0.4, -0.2) is 39.7 Å². The van der Waals surface area contributed by atoms with Crippen molar-refractivity contribution in [3.8, 4) is 0 Å². The third kappa shape index (κ3) is 6.37. The molecule has 2 rings (SSSR count). The van der Waals surface area contributed by atoms with Crippen molar-refractivity contribution in [1.29, 1.82) is 0 Å². The topological polar surface area (TPSA) is 69.7 Å². The summed E-state index contributed by atoms with van der Waals surface area (Å²) in [6.07, 6.45) is 1.43. The number of rotatable bonds is 10. The van der Waals surface area contributed by atoms with Crippen LogP contribution in [0.1, 0.15) is 38.3 Å². The number of amides is 1. The Morgan fingerprint density at radius 1 is 1.06 bits per heavy atom. The first kappa shape index (κ1) is 25.0. The average molecular weight is 466 g/mol. The van der Waals surface area contributed by atoms with Gasteiger partial charge in [-0.3, -0.25) is 9.10 Å². The molecule has 0 aliphatic heterocycles. The maximum absolute atomic E-state index is 13.0. The molecule has 0 aliphatic carbocycles. The van der Waals surface area contributed by atoms with Gasteiger partial charge < -0.3 is 10.2 Å². The number of hydrogen-bond donors (Lipinski definition) is 1. The number of aryl methyl sites for hydroxylation is 1. The molecule has 0 aliphatic rings. The van der Waals surface area contributed by atoms with Crippen LogP contribution in [0.25, 0.3) is 0 Å². The minimum absolute atomic E-state index is 0.319. The molecule has 31 heavy (non-hydrogen) atoms. The lowest BCUT2D eigenvalue weighted by atomic mass is 10.1. The number of carbonyl (C=O) groups excluding carboxylic acids is 1. The summed E-state index contributed by atoms with van der Waals surface area (Å²) < 4.78 is 26.4. The second kappa shape index (κ2) is 10.9. The van der Waals surface area contributed by atoms with Gasteiger partial charge in [0.15, 0.2) is 0 Å². The second-order valence-electron chi connectivity index (χ2n) is 7.47. The number of hydrogen-bond acceptors (Lipinski definition) is 4. The van der Waals surface area contributed by atoms with Gasteiger partial charge >= 0.3 is 0 Å². The molecule has 2 aromatic rings. The number of sulfonamides is 1.